The Hall–Kier alpha value is -3.00. The summed E-state index contributed by atoms with van der Waals surface area (Å²) >= 11 is 1.50. The Morgan fingerprint density at radius 3 is 2.33 bits per heavy atom. The molecule has 0 spiro atoms. The van der Waals surface area contributed by atoms with Crippen molar-refractivity contribution in [2.45, 2.75) is 34.2 Å². The summed E-state index contributed by atoms with van der Waals surface area (Å²) in [4.78, 5) is 18.3. The quantitative estimate of drug-likeness (QED) is 0.496. The number of aryl methyl sites for hydroxylation is 1. The van der Waals surface area contributed by atoms with E-state index in [2.05, 4.69) is 10.3 Å². The first-order chi connectivity index (χ1) is 14.6. The van der Waals surface area contributed by atoms with E-state index in [0.29, 0.717) is 49.2 Å². The van der Waals surface area contributed by atoms with Gasteiger partial charge in [0, 0.05) is 10.4 Å². The fourth-order valence-corrected chi connectivity index (χ4v) is 3.85. The minimum Gasteiger partial charge on any atom is -0.490 e. The number of hydrogen-bond acceptors (Lipinski definition) is 7. The number of aromatic nitrogens is 1. The molecule has 160 valence electrons. The number of hydrogen-bond donors (Lipinski definition) is 1. The Labute approximate surface area is 180 Å². The van der Waals surface area contributed by atoms with Gasteiger partial charge in [0.1, 0.15) is 0 Å². The minimum absolute atomic E-state index is 0.229. The van der Waals surface area contributed by atoms with Crippen LogP contribution in [0.1, 0.15) is 41.7 Å². The highest BCUT2D eigenvalue weighted by molar-refractivity contribution is 7.15. The highest BCUT2D eigenvalue weighted by Gasteiger charge is 2.19. The topological polar surface area (TPSA) is 82.8 Å². The van der Waals surface area contributed by atoms with Gasteiger partial charge in [0.25, 0.3) is 5.91 Å². The van der Waals surface area contributed by atoms with Crippen LogP contribution in [-0.2, 0) is 6.54 Å². The summed E-state index contributed by atoms with van der Waals surface area (Å²) < 4.78 is 22.5. The van der Waals surface area contributed by atoms with E-state index in [9.17, 15) is 4.79 Å². The van der Waals surface area contributed by atoms with E-state index in [-0.39, 0.29) is 5.91 Å². The first-order valence-corrected chi connectivity index (χ1v) is 10.7. The molecule has 0 saturated carbocycles. The molecule has 8 heteroatoms. The van der Waals surface area contributed by atoms with Crippen LogP contribution in [-0.4, -0.2) is 30.7 Å². The predicted molar refractivity (Wildman–Crippen MR) is 116 cm³/mol. The molecule has 0 atom stereocenters. The Morgan fingerprint density at radius 2 is 1.77 bits per heavy atom. The van der Waals surface area contributed by atoms with Crippen molar-refractivity contribution in [2.75, 3.05) is 19.8 Å². The molecule has 2 heterocycles. The van der Waals surface area contributed by atoms with Gasteiger partial charge in [0.15, 0.2) is 22.3 Å². The summed E-state index contributed by atoms with van der Waals surface area (Å²) in [6, 6.07) is 7.05. The predicted octanol–water partition coefficient (Wildman–Crippen LogP) is 4.84. The lowest BCUT2D eigenvalue weighted by Gasteiger charge is -2.17. The van der Waals surface area contributed by atoms with Gasteiger partial charge < -0.3 is 23.9 Å². The number of amides is 1. The van der Waals surface area contributed by atoms with E-state index in [0.717, 1.165) is 21.3 Å². The Balaban J connectivity index is 1.79. The number of nitrogens with zero attached hydrogens (tertiary/aromatic N) is 1. The molecule has 0 fully saturated rings. The smallest absolute Gasteiger partial charge is 0.251 e. The number of carbonyl (C=O) groups excluding carboxylic acids is 1. The van der Waals surface area contributed by atoms with Gasteiger partial charge >= 0.3 is 0 Å². The van der Waals surface area contributed by atoms with Crippen LogP contribution in [0.15, 0.2) is 34.9 Å². The normalized spacial score (nSPS) is 10.7. The SMILES string of the molecule is CCOc1cc(C(=O)NCc2sc(-c3ccco3)nc2C)cc(OCC)c1OCC. The third-order valence-electron chi connectivity index (χ3n) is 4.21. The molecule has 30 heavy (non-hydrogen) atoms. The third-order valence-corrected chi connectivity index (χ3v) is 5.38. The van der Waals surface area contributed by atoms with Crippen LogP contribution in [0.4, 0.5) is 0 Å². The number of carbonyl (C=O) groups is 1. The zero-order valence-electron chi connectivity index (χ0n) is 17.6. The van der Waals surface area contributed by atoms with Gasteiger partial charge in [-0.25, -0.2) is 4.98 Å². The molecule has 7 nitrogen and oxygen atoms in total. The van der Waals surface area contributed by atoms with E-state index in [1.54, 1.807) is 18.4 Å². The van der Waals surface area contributed by atoms with Crippen molar-refractivity contribution in [1.82, 2.24) is 10.3 Å². The van der Waals surface area contributed by atoms with E-state index in [1.165, 1.54) is 11.3 Å². The third kappa shape index (κ3) is 4.94. The Kier molecular flexibility index (Phi) is 7.35. The summed E-state index contributed by atoms with van der Waals surface area (Å²) in [5, 5.41) is 3.75. The Bertz CT molecular complexity index is 955. The number of furan rings is 1. The van der Waals surface area contributed by atoms with E-state index in [1.807, 2.05) is 39.8 Å². The van der Waals surface area contributed by atoms with Gasteiger partial charge in [-0.2, -0.15) is 0 Å². The molecular weight excluding hydrogens is 404 g/mol. The first-order valence-electron chi connectivity index (χ1n) is 9.92. The Morgan fingerprint density at radius 1 is 1.10 bits per heavy atom. The number of benzene rings is 1. The van der Waals surface area contributed by atoms with Gasteiger partial charge in [0.2, 0.25) is 5.75 Å². The molecule has 0 aliphatic carbocycles. The lowest BCUT2D eigenvalue weighted by molar-refractivity contribution is 0.0950. The van der Waals surface area contributed by atoms with Crippen LogP contribution < -0.4 is 19.5 Å². The summed E-state index contributed by atoms with van der Waals surface area (Å²) in [7, 11) is 0. The van der Waals surface area contributed by atoms with E-state index in [4.69, 9.17) is 18.6 Å². The van der Waals surface area contributed by atoms with Crippen LogP contribution >= 0.6 is 11.3 Å². The molecule has 0 aliphatic rings. The lowest BCUT2D eigenvalue weighted by Crippen LogP contribution is -2.23. The number of nitrogens with one attached hydrogen (secondary N) is 1. The van der Waals surface area contributed by atoms with Crippen LogP contribution in [0.2, 0.25) is 0 Å². The van der Waals surface area contributed by atoms with Crippen molar-refractivity contribution in [3.05, 3.63) is 46.7 Å². The molecule has 0 bridgehead atoms. The van der Waals surface area contributed by atoms with Gasteiger partial charge in [-0.05, 0) is 52.0 Å². The van der Waals surface area contributed by atoms with Crippen LogP contribution in [0, 0.1) is 6.92 Å². The van der Waals surface area contributed by atoms with Crippen LogP contribution in [0.5, 0.6) is 17.2 Å². The summed E-state index contributed by atoms with van der Waals surface area (Å²) in [5.74, 6) is 1.98. The summed E-state index contributed by atoms with van der Waals surface area (Å²) in [6.45, 7) is 9.30. The largest absolute Gasteiger partial charge is 0.490 e. The second kappa shape index (κ2) is 10.2. The van der Waals surface area contributed by atoms with Crippen molar-refractivity contribution in [3.8, 4) is 28.0 Å². The van der Waals surface area contributed by atoms with Crippen molar-refractivity contribution in [2.24, 2.45) is 0 Å². The molecule has 1 N–H and O–H groups in total. The molecule has 0 radical (unpaired) electrons. The van der Waals surface area contributed by atoms with Gasteiger partial charge in [-0.15, -0.1) is 11.3 Å². The van der Waals surface area contributed by atoms with Crippen molar-refractivity contribution in [1.29, 1.82) is 0 Å². The summed E-state index contributed by atoms with van der Waals surface area (Å²) in [5.41, 5.74) is 1.31. The summed E-state index contributed by atoms with van der Waals surface area (Å²) in [6.07, 6.45) is 1.62. The fraction of sp³-hybridized carbons (Fsp3) is 0.364. The van der Waals surface area contributed by atoms with E-state index < -0.39 is 0 Å². The maximum absolute atomic E-state index is 12.8. The number of ether oxygens (including phenoxy) is 3. The van der Waals surface area contributed by atoms with E-state index >= 15 is 0 Å². The second-order valence-corrected chi connectivity index (χ2v) is 7.37. The maximum atomic E-state index is 12.8. The molecule has 0 aliphatic heterocycles. The number of rotatable bonds is 10. The zero-order valence-corrected chi connectivity index (χ0v) is 18.4. The van der Waals surface area contributed by atoms with Gasteiger partial charge in [-0.3, -0.25) is 4.79 Å². The highest BCUT2D eigenvalue weighted by atomic mass is 32.1. The van der Waals surface area contributed by atoms with Crippen molar-refractivity contribution < 1.29 is 23.4 Å². The van der Waals surface area contributed by atoms with Crippen molar-refractivity contribution in [3.63, 3.8) is 0 Å². The zero-order chi connectivity index (χ0) is 21.5. The van der Waals surface area contributed by atoms with Gasteiger partial charge in [0.05, 0.1) is 38.3 Å². The molecule has 0 saturated heterocycles. The first kappa shape index (κ1) is 21.7. The average Bonchev–Trinajstić information content (AvgIpc) is 3.38. The molecule has 3 rings (SSSR count). The number of thiazole rings is 1. The molecule has 1 amide bonds. The van der Waals surface area contributed by atoms with Gasteiger partial charge in [-0.1, -0.05) is 0 Å². The molecule has 3 aromatic rings. The van der Waals surface area contributed by atoms with Crippen LogP contribution in [0.3, 0.4) is 0 Å². The second-order valence-electron chi connectivity index (χ2n) is 6.29. The van der Waals surface area contributed by atoms with Crippen molar-refractivity contribution >= 4 is 17.2 Å². The molecule has 2 aromatic heterocycles. The highest BCUT2D eigenvalue weighted by Crippen LogP contribution is 2.39. The van der Waals surface area contributed by atoms with Crippen LogP contribution in [0.25, 0.3) is 10.8 Å². The average molecular weight is 431 g/mol. The molecular formula is C22H26N2O5S. The lowest BCUT2D eigenvalue weighted by atomic mass is 10.1. The monoisotopic (exact) mass is 430 g/mol. The molecule has 1 aromatic carbocycles. The standard InChI is InChI=1S/C22H26N2O5S/c1-5-26-17-11-15(12-18(27-6-2)20(17)28-7-3)21(25)23-13-19-14(4)24-22(30-19)16-9-8-10-29-16/h8-12H,5-7,13H2,1-4H3,(H,23,25). The minimum atomic E-state index is -0.229. The maximum Gasteiger partial charge on any atom is 0.251 e. The fourth-order valence-electron chi connectivity index (χ4n) is 2.88. The molecule has 0 unspecified atom stereocenters.